The van der Waals surface area contributed by atoms with E-state index in [4.69, 9.17) is 4.74 Å². The molecule has 1 unspecified atom stereocenters. The molecule has 3 aromatic rings. The number of hydrogen-bond acceptors (Lipinski definition) is 3. The fourth-order valence-corrected chi connectivity index (χ4v) is 6.87. The van der Waals surface area contributed by atoms with Crippen molar-refractivity contribution in [2.75, 3.05) is 6.61 Å². The van der Waals surface area contributed by atoms with Gasteiger partial charge in [0.2, 0.25) is 0 Å². The van der Waals surface area contributed by atoms with E-state index in [1.54, 1.807) is 0 Å². The molecule has 0 fully saturated rings. The molecule has 0 heterocycles. The molecule has 188 valence electrons. The van der Waals surface area contributed by atoms with E-state index in [1.165, 1.54) is 27.8 Å². The van der Waals surface area contributed by atoms with Crippen LogP contribution in [0, 0.1) is 11.3 Å². The van der Waals surface area contributed by atoms with Crippen LogP contribution in [0.15, 0.2) is 60.7 Å². The Bertz CT molecular complexity index is 1260. The summed E-state index contributed by atoms with van der Waals surface area (Å²) in [5, 5.41) is 20.8. The Hall–Kier alpha value is -2.88. The minimum absolute atomic E-state index is 0.0823. The van der Waals surface area contributed by atoms with Gasteiger partial charge in [0, 0.05) is 5.92 Å². The zero-order chi connectivity index (χ0) is 25.7. The topological polar surface area (TPSA) is 49.7 Å². The number of ether oxygens (including phenoxy) is 1. The maximum absolute atomic E-state index is 10.4. The van der Waals surface area contributed by atoms with E-state index < -0.39 is 0 Å². The largest absolute Gasteiger partial charge is 0.508 e. The highest BCUT2D eigenvalue weighted by Crippen LogP contribution is 2.54. The number of benzene rings is 3. The van der Waals surface area contributed by atoms with Gasteiger partial charge >= 0.3 is 0 Å². The van der Waals surface area contributed by atoms with Crippen molar-refractivity contribution in [1.82, 2.24) is 0 Å². The molecular weight excluding hydrogens is 443 g/mol. The first-order valence-corrected chi connectivity index (χ1v) is 13.4. The Morgan fingerprint density at radius 1 is 0.861 bits per heavy atom. The lowest BCUT2D eigenvalue weighted by molar-refractivity contribution is 0.156. The molecule has 0 radical (unpaired) electrons. The van der Waals surface area contributed by atoms with E-state index in [-0.39, 0.29) is 11.3 Å². The Kier molecular flexibility index (Phi) is 6.35. The Labute approximate surface area is 216 Å². The highest BCUT2D eigenvalue weighted by atomic mass is 16.5. The van der Waals surface area contributed by atoms with E-state index in [0.29, 0.717) is 35.3 Å². The van der Waals surface area contributed by atoms with Crippen molar-refractivity contribution in [3.8, 4) is 17.2 Å². The van der Waals surface area contributed by atoms with Crippen LogP contribution in [0.2, 0.25) is 12.1 Å². The van der Waals surface area contributed by atoms with Crippen LogP contribution >= 0.6 is 0 Å². The molecule has 3 nitrogen and oxygen atoms in total. The van der Waals surface area contributed by atoms with Gasteiger partial charge in [0.25, 0.3) is 0 Å². The quantitative estimate of drug-likeness (QED) is 0.350. The minimum atomic E-state index is 0.0823. The molecule has 2 N–H and O–H groups in total. The number of hydrogen-bond donors (Lipinski definition) is 2. The van der Waals surface area contributed by atoms with Crippen LogP contribution in [-0.4, -0.2) is 24.1 Å². The molecule has 4 heteroatoms. The van der Waals surface area contributed by atoms with Gasteiger partial charge in [0.15, 0.2) is 0 Å². The Morgan fingerprint density at radius 2 is 1.61 bits per heavy atom. The van der Waals surface area contributed by atoms with Crippen LogP contribution in [0.25, 0.3) is 0 Å². The second-order valence-corrected chi connectivity index (χ2v) is 12.6. The molecule has 0 saturated heterocycles. The predicted octanol–water partition coefficient (Wildman–Crippen LogP) is 7.22. The molecule has 36 heavy (non-hydrogen) atoms. The summed E-state index contributed by atoms with van der Waals surface area (Å²) in [6.07, 6.45) is 3.00. The van der Waals surface area contributed by atoms with Crippen molar-refractivity contribution in [2.24, 2.45) is 11.3 Å². The smallest absolute Gasteiger partial charge is 0.124 e. The van der Waals surface area contributed by atoms with Crippen LogP contribution < -0.4 is 4.74 Å². The van der Waals surface area contributed by atoms with Gasteiger partial charge in [-0.15, -0.1) is 0 Å². The molecule has 2 aliphatic carbocycles. The second kappa shape index (κ2) is 9.21. The first kappa shape index (κ1) is 24.8. The summed E-state index contributed by atoms with van der Waals surface area (Å²) in [5.41, 5.74) is 6.44. The first-order valence-electron chi connectivity index (χ1n) is 13.4. The third kappa shape index (κ3) is 4.87. The van der Waals surface area contributed by atoms with E-state index in [9.17, 15) is 10.2 Å². The van der Waals surface area contributed by atoms with Gasteiger partial charge in [-0.05, 0) is 101 Å². The third-order valence-corrected chi connectivity index (χ3v) is 8.59. The summed E-state index contributed by atoms with van der Waals surface area (Å²) in [5.74, 6) is 2.51. The lowest BCUT2D eigenvalue weighted by Gasteiger charge is -2.37. The van der Waals surface area contributed by atoms with Crippen molar-refractivity contribution < 1.29 is 14.9 Å². The second-order valence-electron chi connectivity index (χ2n) is 12.6. The number of fused-ring (bicyclic) bond motifs is 4. The predicted molar refractivity (Wildman–Crippen MR) is 149 cm³/mol. The van der Waals surface area contributed by atoms with Gasteiger partial charge in [0.1, 0.15) is 24.5 Å². The van der Waals surface area contributed by atoms with Gasteiger partial charge in [-0.2, -0.15) is 0 Å². The summed E-state index contributed by atoms with van der Waals surface area (Å²) in [4.78, 5) is 0. The Balaban J connectivity index is 1.46. The van der Waals surface area contributed by atoms with Crippen LogP contribution in [0.5, 0.6) is 17.2 Å². The van der Waals surface area contributed by atoms with Crippen LogP contribution in [0.1, 0.15) is 73.8 Å². The highest BCUT2D eigenvalue weighted by Gasteiger charge is 2.43. The SMILES string of the molecule is CBC(C)(C)CC(C)(C)COc1cccc([C@@H]2c3cc(O)ccc3C[C@H]3c4ccc(O)cc4CC23)c1. The molecule has 0 aromatic heterocycles. The third-order valence-electron chi connectivity index (χ3n) is 8.59. The number of rotatable bonds is 7. The average Bonchev–Trinajstić information content (AvgIpc) is 3.17. The zero-order valence-corrected chi connectivity index (χ0v) is 22.3. The number of phenolic OH excluding ortho intramolecular Hbond substituents is 2. The van der Waals surface area contributed by atoms with Gasteiger partial charge in [-0.1, -0.05) is 64.1 Å². The molecule has 2 aliphatic rings. The average molecular weight is 482 g/mol. The molecule has 0 bridgehead atoms. The molecule has 0 saturated carbocycles. The zero-order valence-electron chi connectivity index (χ0n) is 22.3. The summed E-state index contributed by atoms with van der Waals surface area (Å²) in [7, 11) is 1.16. The van der Waals surface area contributed by atoms with E-state index >= 15 is 0 Å². The normalized spacial score (nSPS) is 20.9. The molecular formula is C32H39BO3. The molecule has 0 spiro atoms. The van der Waals surface area contributed by atoms with Gasteiger partial charge in [-0.3, -0.25) is 0 Å². The van der Waals surface area contributed by atoms with Crippen molar-refractivity contribution in [2.45, 2.75) is 70.9 Å². The summed E-state index contributed by atoms with van der Waals surface area (Å²) < 4.78 is 6.41. The van der Waals surface area contributed by atoms with Gasteiger partial charge in [0.05, 0.1) is 6.61 Å². The lowest BCUT2D eigenvalue weighted by atomic mass is 9.51. The monoisotopic (exact) mass is 482 g/mol. The standard InChI is InChI=1S/C32H39BO3/c1-31(2,18-32(3,4)33-5)19-36-25-8-6-7-21(14-25)30-27-17-24(35)10-9-20(27)15-28-26-12-11-23(34)13-22(26)16-29(28)30/h6-14,17,28-30,33-35H,15-16,18-19H2,1-5H3/t28-,29?,30+/m0/s1. The van der Waals surface area contributed by atoms with E-state index in [0.717, 1.165) is 32.3 Å². The highest BCUT2D eigenvalue weighted by molar-refractivity contribution is 6.37. The maximum Gasteiger partial charge on any atom is 0.124 e. The molecule has 3 atom stereocenters. The molecule has 0 amide bonds. The lowest BCUT2D eigenvalue weighted by Crippen LogP contribution is -2.28. The Morgan fingerprint density at radius 3 is 2.39 bits per heavy atom. The van der Waals surface area contributed by atoms with E-state index in [2.05, 4.69) is 70.9 Å². The molecule has 0 aliphatic heterocycles. The summed E-state index contributed by atoms with van der Waals surface area (Å²) in [6, 6.07) is 20.3. The summed E-state index contributed by atoms with van der Waals surface area (Å²) in [6.45, 7) is 12.2. The first-order chi connectivity index (χ1) is 17.0. The maximum atomic E-state index is 10.4. The summed E-state index contributed by atoms with van der Waals surface area (Å²) >= 11 is 0. The number of aromatic hydroxyl groups is 2. The van der Waals surface area contributed by atoms with Crippen molar-refractivity contribution in [3.05, 3.63) is 88.5 Å². The fourth-order valence-electron chi connectivity index (χ4n) is 6.87. The van der Waals surface area contributed by atoms with Gasteiger partial charge in [-0.25, -0.2) is 0 Å². The molecule has 3 aromatic carbocycles. The van der Waals surface area contributed by atoms with Crippen molar-refractivity contribution >= 4 is 7.28 Å². The minimum Gasteiger partial charge on any atom is -0.508 e. The number of phenols is 2. The van der Waals surface area contributed by atoms with Crippen LogP contribution in [0.4, 0.5) is 0 Å². The fraction of sp³-hybridized carbons (Fsp3) is 0.438. The van der Waals surface area contributed by atoms with Crippen LogP contribution in [0.3, 0.4) is 0 Å². The van der Waals surface area contributed by atoms with Crippen molar-refractivity contribution in [1.29, 1.82) is 0 Å². The van der Waals surface area contributed by atoms with Gasteiger partial charge < -0.3 is 14.9 Å². The van der Waals surface area contributed by atoms with E-state index in [1.807, 2.05) is 24.3 Å². The van der Waals surface area contributed by atoms with Crippen molar-refractivity contribution in [3.63, 3.8) is 0 Å². The van der Waals surface area contributed by atoms with Crippen LogP contribution in [-0.2, 0) is 12.8 Å². The molecule has 5 rings (SSSR count).